The normalized spacial score (nSPS) is 21.8. The molecule has 0 spiro atoms. The molecule has 0 aliphatic heterocycles. The Morgan fingerprint density at radius 1 is 1.15 bits per heavy atom. The Morgan fingerprint density at radius 3 is 2.45 bits per heavy atom. The Hall–Kier alpha value is -1.89. The summed E-state index contributed by atoms with van der Waals surface area (Å²) in [6, 6.07) is 10.4. The molecule has 1 aromatic rings. The number of allylic oxidation sites excluding steroid dienone is 6. The molecule has 2 atom stereocenters. The molecule has 1 aromatic carbocycles. The van der Waals surface area contributed by atoms with Gasteiger partial charge in [-0.05, 0) is 44.2 Å². The smallest absolute Gasteiger partial charge is 0.146 e. The van der Waals surface area contributed by atoms with Crippen molar-refractivity contribution < 1.29 is 4.79 Å². The summed E-state index contributed by atoms with van der Waals surface area (Å²) in [7, 11) is 0. The van der Waals surface area contributed by atoms with Gasteiger partial charge in [-0.3, -0.25) is 4.79 Å². The highest BCUT2D eigenvalue weighted by Crippen LogP contribution is 2.40. The lowest BCUT2D eigenvalue weighted by Gasteiger charge is -2.31. The van der Waals surface area contributed by atoms with Crippen LogP contribution in [0.4, 0.5) is 0 Å². The summed E-state index contributed by atoms with van der Waals surface area (Å²) in [4.78, 5) is 11.4. The van der Waals surface area contributed by atoms with E-state index in [2.05, 4.69) is 45.1 Å². The van der Waals surface area contributed by atoms with E-state index in [0.29, 0.717) is 5.92 Å². The highest BCUT2D eigenvalue weighted by Gasteiger charge is 2.29. The number of hydrogen-bond acceptors (Lipinski definition) is 1. The van der Waals surface area contributed by atoms with Crippen LogP contribution in [0.1, 0.15) is 38.7 Å². The maximum absolute atomic E-state index is 11.4. The van der Waals surface area contributed by atoms with Gasteiger partial charge < -0.3 is 0 Å². The van der Waals surface area contributed by atoms with Gasteiger partial charge in [-0.2, -0.15) is 0 Å². The SMILES string of the molecule is CC(C)=CC[C@@H]1C(C)=CC=C(C=O)[C@H]1c1ccccc1. The summed E-state index contributed by atoms with van der Waals surface area (Å²) < 4.78 is 0. The molecule has 20 heavy (non-hydrogen) atoms. The third kappa shape index (κ3) is 3.16. The largest absolute Gasteiger partial charge is 0.298 e. The molecule has 1 heteroatoms. The molecule has 0 unspecified atom stereocenters. The van der Waals surface area contributed by atoms with Crippen molar-refractivity contribution in [3.63, 3.8) is 0 Å². The molecule has 0 heterocycles. The zero-order valence-corrected chi connectivity index (χ0v) is 12.5. The number of hydrogen-bond donors (Lipinski definition) is 0. The molecule has 1 nitrogen and oxygen atoms in total. The van der Waals surface area contributed by atoms with Crippen LogP contribution in [0.5, 0.6) is 0 Å². The topological polar surface area (TPSA) is 17.1 Å². The monoisotopic (exact) mass is 266 g/mol. The minimum Gasteiger partial charge on any atom is -0.298 e. The van der Waals surface area contributed by atoms with Crippen molar-refractivity contribution in [2.75, 3.05) is 0 Å². The maximum Gasteiger partial charge on any atom is 0.146 e. The lowest BCUT2D eigenvalue weighted by atomic mass is 9.73. The average molecular weight is 266 g/mol. The number of carbonyl (C=O) groups excluding carboxylic acids is 1. The predicted octanol–water partition coefficient (Wildman–Crippen LogP) is 4.83. The van der Waals surface area contributed by atoms with Gasteiger partial charge in [0.25, 0.3) is 0 Å². The van der Waals surface area contributed by atoms with Crippen LogP contribution in [0.15, 0.2) is 65.3 Å². The standard InChI is InChI=1S/C19H22O/c1-14(2)9-12-18-15(3)10-11-17(13-20)19(18)16-7-5-4-6-8-16/h4-11,13,18-19H,12H2,1-3H3/t18-,19-/m1/s1. The Kier molecular flexibility index (Phi) is 4.73. The number of aldehydes is 1. The van der Waals surface area contributed by atoms with Crippen molar-refractivity contribution in [2.45, 2.75) is 33.1 Å². The molecule has 0 aromatic heterocycles. The second-order valence-corrected chi connectivity index (χ2v) is 5.71. The lowest BCUT2D eigenvalue weighted by molar-refractivity contribution is -0.105. The Balaban J connectivity index is 2.40. The van der Waals surface area contributed by atoms with E-state index in [1.165, 1.54) is 16.7 Å². The van der Waals surface area contributed by atoms with Gasteiger partial charge in [0.15, 0.2) is 0 Å². The van der Waals surface area contributed by atoms with Crippen LogP contribution in [0.3, 0.4) is 0 Å². The Labute approximate surface area is 121 Å². The van der Waals surface area contributed by atoms with Crippen LogP contribution in [0, 0.1) is 5.92 Å². The summed E-state index contributed by atoms with van der Waals surface area (Å²) in [6.45, 7) is 6.41. The van der Waals surface area contributed by atoms with Gasteiger partial charge in [-0.25, -0.2) is 0 Å². The number of rotatable bonds is 4. The summed E-state index contributed by atoms with van der Waals surface area (Å²) in [6.07, 6.45) is 8.32. The van der Waals surface area contributed by atoms with Crippen molar-refractivity contribution in [2.24, 2.45) is 5.92 Å². The van der Waals surface area contributed by atoms with Crippen LogP contribution in [0.25, 0.3) is 0 Å². The first-order chi connectivity index (χ1) is 9.63. The number of carbonyl (C=O) groups is 1. The predicted molar refractivity (Wildman–Crippen MR) is 84.6 cm³/mol. The van der Waals surface area contributed by atoms with Gasteiger partial charge in [-0.15, -0.1) is 0 Å². The average Bonchev–Trinajstić information content (AvgIpc) is 2.46. The second-order valence-electron chi connectivity index (χ2n) is 5.71. The maximum atomic E-state index is 11.4. The highest BCUT2D eigenvalue weighted by molar-refractivity contribution is 5.77. The van der Waals surface area contributed by atoms with Crippen molar-refractivity contribution in [1.82, 2.24) is 0 Å². The second kappa shape index (κ2) is 6.51. The first-order valence-corrected chi connectivity index (χ1v) is 7.15. The Morgan fingerprint density at radius 2 is 1.85 bits per heavy atom. The van der Waals surface area contributed by atoms with E-state index in [1.807, 2.05) is 24.3 Å². The first-order valence-electron chi connectivity index (χ1n) is 7.15. The van der Waals surface area contributed by atoms with E-state index in [1.54, 1.807) is 0 Å². The molecule has 0 bridgehead atoms. The van der Waals surface area contributed by atoms with Crippen molar-refractivity contribution in [3.8, 4) is 0 Å². The molecular formula is C19H22O. The van der Waals surface area contributed by atoms with E-state index in [0.717, 1.165) is 18.3 Å². The molecule has 0 fully saturated rings. The third-order valence-corrected chi connectivity index (χ3v) is 3.96. The lowest BCUT2D eigenvalue weighted by Crippen LogP contribution is -2.19. The molecule has 0 saturated carbocycles. The van der Waals surface area contributed by atoms with Gasteiger partial charge in [0.2, 0.25) is 0 Å². The molecule has 0 N–H and O–H groups in total. The minimum absolute atomic E-state index is 0.175. The number of benzene rings is 1. The molecule has 104 valence electrons. The molecule has 0 radical (unpaired) electrons. The summed E-state index contributed by atoms with van der Waals surface area (Å²) >= 11 is 0. The quantitative estimate of drug-likeness (QED) is 0.563. The fraction of sp³-hybridized carbons (Fsp3) is 0.316. The first kappa shape index (κ1) is 14.5. The van der Waals surface area contributed by atoms with Gasteiger partial charge >= 0.3 is 0 Å². The van der Waals surface area contributed by atoms with Crippen LogP contribution in [-0.4, -0.2) is 6.29 Å². The zero-order chi connectivity index (χ0) is 14.5. The van der Waals surface area contributed by atoms with Gasteiger partial charge in [0.05, 0.1) is 0 Å². The highest BCUT2D eigenvalue weighted by atomic mass is 16.1. The summed E-state index contributed by atoms with van der Waals surface area (Å²) in [5, 5.41) is 0. The molecule has 0 amide bonds. The van der Waals surface area contributed by atoms with Crippen LogP contribution in [-0.2, 0) is 4.79 Å². The molecule has 1 aliphatic carbocycles. The van der Waals surface area contributed by atoms with Gasteiger partial charge in [0.1, 0.15) is 6.29 Å². The van der Waals surface area contributed by atoms with Crippen molar-refractivity contribution in [3.05, 3.63) is 70.8 Å². The van der Waals surface area contributed by atoms with Crippen LogP contribution < -0.4 is 0 Å². The van der Waals surface area contributed by atoms with E-state index in [4.69, 9.17) is 0 Å². The third-order valence-electron chi connectivity index (χ3n) is 3.96. The van der Waals surface area contributed by atoms with E-state index in [9.17, 15) is 4.79 Å². The van der Waals surface area contributed by atoms with Gasteiger partial charge in [-0.1, -0.05) is 59.7 Å². The minimum atomic E-state index is 0.175. The van der Waals surface area contributed by atoms with Crippen LogP contribution in [0.2, 0.25) is 0 Å². The van der Waals surface area contributed by atoms with Crippen molar-refractivity contribution in [1.29, 1.82) is 0 Å². The molecule has 0 saturated heterocycles. The zero-order valence-electron chi connectivity index (χ0n) is 12.5. The molecule has 1 aliphatic rings. The van der Waals surface area contributed by atoms with Crippen molar-refractivity contribution >= 4 is 6.29 Å². The fourth-order valence-corrected chi connectivity index (χ4v) is 2.83. The van der Waals surface area contributed by atoms with E-state index >= 15 is 0 Å². The van der Waals surface area contributed by atoms with E-state index < -0.39 is 0 Å². The molecular weight excluding hydrogens is 244 g/mol. The fourth-order valence-electron chi connectivity index (χ4n) is 2.83. The van der Waals surface area contributed by atoms with Gasteiger partial charge in [0, 0.05) is 5.92 Å². The van der Waals surface area contributed by atoms with E-state index in [-0.39, 0.29) is 5.92 Å². The summed E-state index contributed by atoms with van der Waals surface area (Å²) in [5.74, 6) is 0.548. The Bertz CT molecular complexity index is 557. The van der Waals surface area contributed by atoms with Crippen LogP contribution >= 0.6 is 0 Å². The molecule has 2 rings (SSSR count). The summed E-state index contributed by atoms with van der Waals surface area (Å²) in [5.41, 5.74) is 4.79.